The summed E-state index contributed by atoms with van der Waals surface area (Å²) in [5.74, 6) is 1.09. The SMILES string of the molecule is CCSc1ccc(C=NNCCO)cc1. The van der Waals surface area contributed by atoms with Crippen LogP contribution in [0.1, 0.15) is 12.5 Å². The molecule has 4 heteroatoms. The largest absolute Gasteiger partial charge is 0.394 e. The van der Waals surface area contributed by atoms with E-state index in [2.05, 4.69) is 29.6 Å². The van der Waals surface area contributed by atoms with E-state index in [-0.39, 0.29) is 6.61 Å². The first-order chi connectivity index (χ1) is 7.36. The first-order valence-electron chi connectivity index (χ1n) is 4.96. The summed E-state index contributed by atoms with van der Waals surface area (Å²) < 4.78 is 0. The van der Waals surface area contributed by atoms with Crippen molar-refractivity contribution in [3.63, 3.8) is 0 Å². The van der Waals surface area contributed by atoms with Gasteiger partial charge in [0.15, 0.2) is 0 Å². The third kappa shape index (κ3) is 4.85. The van der Waals surface area contributed by atoms with Gasteiger partial charge in [-0.15, -0.1) is 11.8 Å². The molecule has 3 nitrogen and oxygen atoms in total. The molecular formula is C11H16N2OS. The van der Waals surface area contributed by atoms with Crippen molar-refractivity contribution in [1.82, 2.24) is 5.43 Å². The molecule has 0 heterocycles. The molecule has 2 N–H and O–H groups in total. The molecule has 0 aliphatic rings. The van der Waals surface area contributed by atoms with Gasteiger partial charge >= 0.3 is 0 Å². The number of nitrogens with one attached hydrogen (secondary N) is 1. The normalized spacial score (nSPS) is 10.8. The van der Waals surface area contributed by atoms with Gasteiger partial charge in [-0.2, -0.15) is 5.10 Å². The Labute approximate surface area is 94.6 Å². The Bertz CT molecular complexity index is 298. The summed E-state index contributed by atoms with van der Waals surface area (Å²) >= 11 is 1.82. The lowest BCUT2D eigenvalue weighted by Crippen LogP contribution is -2.11. The zero-order valence-electron chi connectivity index (χ0n) is 8.81. The van der Waals surface area contributed by atoms with Crippen molar-refractivity contribution in [2.24, 2.45) is 5.10 Å². The van der Waals surface area contributed by atoms with Crippen LogP contribution < -0.4 is 5.43 Å². The summed E-state index contributed by atoms with van der Waals surface area (Å²) in [6.07, 6.45) is 1.75. The number of hydrazone groups is 1. The fraction of sp³-hybridized carbons (Fsp3) is 0.364. The van der Waals surface area contributed by atoms with Crippen LogP contribution in [0.15, 0.2) is 34.3 Å². The smallest absolute Gasteiger partial charge is 0.0620 e. The molecule has 0 saturated carbocycles. The van der Waals surface area contributed by atoms with Crippen LogP contribution >= 0.6 is 11.8 Å². The second-order valence-electron chi connectivity index (χ2n) is 2.89. The van der Waals surface area contributed by atoms with Crippen molar-refractivity contribution in [1.29, 1.82) is 0 Å². The standard InChI is InChI=1S/C11H16N2OS/c1-2-15-11-5-3-10(4-6-11)9-13-12-7-8-14/h3-6,9,12,14H,2,7-8H2,1H3. The zero-order valence-corrected chi connectivity index (χ0v) is 9.63. The molecule has 82 valence electrons. The molecule has 0 atom stereocenters. The highest BCUT2D eigenvalue weighted by Gasteiger charge is 1.91. The van der Waals surface area contributed by atoms with Crippen LogP contribution in [0.4, 0.5) is 0 Å². The van der Waals surface area contributed by atoms with Crippen LogP contribution in [0.5, 0.6) is 0 Å². The molecule has 1 aromatic rings. The quantitative estimate of drug-likeness (QED) is 0.335. The highest BCUT2D eigenvalue weighted by molar-refractivity contribution is 7.99. The number of benzene rings is 1. The molecule has 0 spiro atoms. The lowest BCUT2D eigenvalue weighted by atomic mass is 10.2. The van der Waals surface area contributed by atoms with Gasteiger partial charge in [0.05, 0.1) is 19.4 Å². The van der Waals surface area contributed by atoms with E-state index in [1.807, 2.05) is 23.9 Å². The van der Waals surface area contributed by atoms with Crippen molar-refractivity contribution in [3.8, 4) is 0 Å². The summed E-state index contributed by atoms with van der Waals surface area (Å²) in [5.41, 5.74) is 3.79. The van der Waals surface area contributed by atoms with E-state index in [0.29, 0.717) is 6.54 Å². The lowest BCUT2D eigenvalue weighted by Gasteiger charge is -1.99. The highest BCUT2D eigenvalue weighted by atomic mass is 32.2. The van der Waals surface area contributed by atoms with Crippen LogP contribution in [0.25, 0.3) is 0 Å². The molecule has 1 rings (SSSR count). The second kappa shape index (κ2) is 7.31. The summed E-state index contributed by atoms with van der Waals surface area (Å²) in [4.78, 5) is 1.28. The Kier molecular flexibility index (Phi) is 5.88. The van der Waals surface area contributed by atoms with E-state index < -0.39 is 0 Å². The molecule has 0 aliphatic carbocycles. The number of hydrogen-bond donors (Lipinski definition) is 2. The lowest BCUT2D eigenvalue weighted by molar-refractivity contribution is 0.294. The van der Waals surface area contributed by atoms with Gasteiger partial charge in [0.2, 0.25) is 0 Å². The molecule has 0 amide bonds. The van der Waals surface area contributed by atoms with Gasteiger partial charge in [0, 0.05) is 4.90 Å². The summed E-state index contributed by atoms with van der Waals surface area (Å²) in [6.45, 7) is 2.72. The topological polar surface area (TPSA) is 44.6 Å². The average molecular weight is 224 g/mol. The molecule has 0 radical (unpaired) electrons. The third-order valence-electron chi connectivity index (χ3n) is 1.72. The Morgan fingerprint density at radius 1 is 1.40 bits per heavy atom. The van der Waals surface area contributed by atoms with Crippen molar-refractivity contribution in [3.05, 3.63) is 29.8 Å². The molecule has 15 heavy (non-hydrogen) atoms. The Balaban J connectivity index is 2.45. The summed E-state index contributed by atoms with van der Waals surface area (Å²) in [7, 11) is 0. The van der Waals surface area contributed by atoms with E-state index in [9.17, 15) is 0 Å². The Morgan fingerprint density at radius 3 is 2.73 bits per heavy atom. The van der Waals surface area contributed by atoms with Crippen molar-refractivity contribution < 1.29 is 5.11 Å². The number of aliphatic hydroxyl groups is 1. The maximum atomic E-state index is 8.52. The van der Waals surface area contributed by atoms with Crippen molar-refractivity contribution in [2.45, 2.75) is 11.8 Å². The molecule has 0 unspecified atom stereocenters. The summed E-state index contributed by atoms with van der Waals surface area (Å²) in [5, 5.41) is 12.5. The van der Waals surface area contributed by atoms with Gasteiger partial charge in [0.25, 0.3) is 0 Å². The molecule has 1 aromatic carbocycles. The maximum Gasteiger partial charge on any atom is 0.0620 e. The minimum absolute atomic E-state index is 0.101. The van der Waals surface area contributed by atoms with Gasteiger partial charge in [-0.25, -0.2) is 0 Å². The molecule has 0 saturated heterocycles. The first-order valence-corrected chi connectivity index (χ1v) is 5.95. The van der Waals surface area contributed by atoms with Crippen LogP contribution in [0.3, 0.4) is 0 Å². The molecule has 0 bridgehead atoms. The minimum atomic E-state index is 0.101. The van der Waals surface area contributed by atoms with E-state index in [1.165, 1.54) is 4.90 Å². The van der Waals surface area contributed by atoms with Crippen LogP contribution in [-0.4, -0.2) is 30.2 Å². The number of aliphatic hydroxyl groups excluding tert-OH is 1. The Morgan fingerprint density at radius 2 is 2.13 bits per heavy atom. The average Bonchev–Trinajstić information content (AvgIpc) is 2.27. The van der Waals surface area contributed by atoms with Gasteiger partial charge in [-0.05, 0) is 23.4 Å². The molecule has 0 aromatic heterocycles. The minimum Gasteiger partial charge on any atom is -0.394 e. The van der Waals surface area contributed by atoms with Gasteiger partial charge in [0.1, 0.15) is 0 Å². The van der Waals surface area contributed by atoms with E-state index in [4.69, 9.17) is 5.11 Å². The maximum absolute atomic E-state index is 8.52. The van der Waals surface area contributed by atoms with Crippen LogP contribution in [-0.2, 0) is 0 Å². The third-order valence-corrected chi connectivity index (χ3v) is 2.61. The summed E-state index contributed by atoms with van der Waals surface area (Å²) in [6, 6.07) is 8.23. The fourth-order valence-corrected chi connectivity index (χ4v) is 1.71. The fourth-order valence-electron chi connectivity index (χ4n) is 1.05. The predicted molar refractivity (Wildman–Crippen MR) is 65.5 cm³/mol. The number of hydrogen-bond acceptors (Lipinski definition) is 4. The number of thioether (sulfide) groups is 1. The highest BCUT2D eigenvalue weighted by Crippen LogP contribution is 2.16. The monoisotopic (exact) mass is 224 g/mol. The molecular weight excluding hydrogens is 208 g/mol. The molecule has 0 fully saturated rings. The van der Waals surface area contributed by atoms with Crippen LogP contribution in [0.2, 0.25) is 0 Å². The predicted octanol–water partition coefficient (Wildman–Crippen LogP) is 1.71. The van der Waals surface area contributed by atoms with Crippen LogP contribution in [0, 0.1) is 0 Å². The second-order valence-corrected chi connectivity index (χ2v) is 4.23. The Hall–Kier alpha value is -1.00. The van der Waals surface area contributed by atoms with Crippen molar-refractivity contribution in [2.75, 3.05) is 18.9 Å². The van der Waals surface area contributed by atoms with Crippen molar-refractivity contribution >= 4 is 18.0 Å². The van der Waals surface area contributed by atoms with Gasteiger partial charge in [-0.3, -0.25) is 0 Å². The van der Waals surface area contributed by atoms with E-state index >= 15 is 0 Å². The van der Waals surface area contributed by atoms with Gasteiger partial charge in [-0.1, -0.05) is 19.1 Å². The van der Waals surface area contributed by atoms with Gasteiger partial charge < -0.3 is 10.5 Å². The number of nitrogens with zero attached hydrogens (tertiary/aromatic N) is 1. The zero-order chi connectivity index (χ0) is 10.9. The van der Waals surface area contributed by atoms with E-state index in [0.717, 1.165) is 11.3 Å². The molecule has 0 aliphatic heterocycles. The first kappa shape index (κ1) is 12.1. The number of rotatable bonds is 6. The van der Waals surface area contributed by atoms with E-state index in [1.54, 1.807) is 6.21 Å².